The molecule has 2 N–H and O–H groups in total. The number of allylic oxidation sites excluding steroid dienone is 10. The van der Waals surface area contributed by atoms with Gasteiger partial charge in [0.2, 0.25) is 0 Å². The quantitative estimate of drug-likeness (QED) is 0.310. The van der Waals surface area contributed by atoms with Crippen molar-refractivity contribution in [1.29, 1.82) is 0 Å². The number of H-pyrrole nitrogens is 1. The lowest BCUT2D eigenvalue weighted by atomic mass is 9.97. The summed E-state index contributed by atoms with van der Waals surface area (Å²) in [5, 5.41) is 11.0. The van der Waals surface area contributed by atoms with Crippen LogP contribution in [0.1, 0.15) is 70.1 Å². The van der Waals surface area contributed by atoms with Crippen LogP contribution in [0.5, 0.6) is 0 Å². The number of nitrogens with zero attached hydrogens (tertiary/aromatic N) is 2. The van der Waals surface area contributed by atoms with Gasteiger partial charge in [-0.2, -0.15) is 5.10 Å². The van der Waals surface area contributed by atoms with E-state index in [-0.39, 0.29) is 0 Å². The van der Waals surface area contributed by atoms with Crippen molar-refractivity contribution in [2.75, 3.05) is 6.54 Å². The maximum atomic E-state index is 4.65. The Morgan fingerprint density at radius 2 is 1.86 bits per heavy atom. The highest BCUT2D eigenvalue weighted by atomic mass is 15.1. The van der Waals surface area contributed by atoms with Gasteiger partial charge >= 0.3 is 0 Å². The molecule has 2 heterocycles. The van der Waals surface area contributed by atoms with Gasteiger partial charge in [0, 0.05) is 23.5 Å². The van der Waals surface area contributed by atoms with Crippen molar-refractivity contribution in [2.45, 2.75) is 65.7 Å². The van der Waals surface area contributed by atoms with Gasteiger partial charge in [0.25, 0.3) is 0 Å². The van der Waals surface area contributed by atoms with Crippen LogP contribution in [0.2, 0.25) is 0 Å². The van der Waals surface area contributed by atoms with E-state index in [2.05, 4.69) is 83.5 Å². The van der Waals surface area contributed by atoms with E-state index < -0.39 is 0 Å². The van der Waals surface area contributed by atoms with Crippen LogP contribution < -0.4 is 5.32 Å². The normalized spacial score (nSPS) is 18.6. The Kier molecular flexibility index (Phi) is 10.6. The second-order valence-electron chi connectivity index (χ2n) is 9.05. The van der Waals surface area contributed by atoms with Crippen LogP contribution in [-0.4, -0.2) is 21.7 Å². The van der Waals surface area contributed by atoms with Crippen LogP contribution in [-0.2, 0) is 0 Å². The highest BCUT2D eigenvalue weighted by Gasteiger charge is 2.12. The van der Waals surface area contributed by atoms with Crippen molar-refractivity contribution in [3.63, 3.8) is 0 Å². The molecule has 0 aliphatic heterocycles. The molecule has 3 rings (SSSR count). The number of hydrogen-bond donors (Lipinski definition) is 2. The van der Waals surface area contributed by atoms with Crippen molar-refractivity contribution in [2.24, 2.45) is 0 Å². The summed E-state index contributed by atoms with van der Waals surface area (Å²) in [7, 11) is 0. The number of aromatic amines is 1. The lowest BCUT2D eigenvalue weighted by Gasteiger charge is -2.11. The third kappa shape index (κ3) is 8.10. The lowest BCUT2D eigenvalue weighted by Crippen LogP contribution is -2.13. The van der Waals surface area contributed by atoms with Crippen molar-refractivity contribution < 1.29 is 0 Å². The lowest BCUT2D eigenvalue weighted by molar-refractivity contribution is 0.580. The first kappa shape index (κ1) is 26.2. The summed E-state index contributed by atoms with van der Waals surface area (Å²) in [6.07, 6.45) is 25.9. The highest BCUT2D eigenvalue weighted by molar-refractivity contribution is 5.84. The van der Waals surface area contributed by atoms with Crippen LogP contribution >= 0.6 is 0 Å². The summed E-state index contributed by atoms with van der Waals surface area (Å²) >= 11 is 0. The Morgan fingerprint density at radius 1 is 1.06 bits per heavy atom. The maximum absolute atomic E-state index is 4.65. The average molecular weight is 469 g/mol. The van der Waals surface area contributed by atoms with Gasteiger partial charge < -0.3 is 5.32 Å². The number of aromatic nitrogens is 3. The molecule has 0 fully saturated rings. The van der Waals surface area contributed by atoms with Gasteiger partial charge in [-0.05, 0) is 55.2 Å². The van der Waals surface area contributed by atoms with Crippen LogP contribution in [0, 0.1) is 6.92 Å². The minimum atomic E-state index is 0.891. The maximum Gasteiger partial charge on any atom is 0.0912 e. The zero-order valence-corrected chi connectivity index (χ0v) is 21.6. The molecule has 0 saturated heterocycles. The molecule has 0 unspecified atom stereocenters. The first-order valence-electron chi connectivity index (χ1n) is 13.0. The highest BCUT2D eigenvalue weighted by Crippen LogP contribution is 2.29. The Morgan fingerprint density at radius 3 is 2.63 bits per heavy atom. The zero-order valence-electron chi connectivity index (χ0n) is 21.6. The van der Waals surface area contributed by atoms with Crippen LogP contribution in [0.15, 0.2) is 90.4 Å². The van der Waals surface area contributed by atoms with Gasteiger partial charge in [0.15, 0.2) is 0 Å². The van der Waals surface area contributed by atoms with Crippen molar-refractivity contribution in [3.8, 4) is 11.4 Å². The fraction of sp³-hybridized carbons (Fsp3) is 0.355. The molecule has 1 aliphatic rings. The van der Waals surface area contributed by atoms with E-state index in [1.807, 2.05) is 31.3 Å². The Labute approximate surface area is 211 Å². The number of hydrogen-bond acceptors (Lipinski definition) is 3. The summed E-state index contributed by atoms with van der Waals surface area (Å²) < 4.78 is 0. The van der Waals surface area contributed by atoms with Crippen LogP contribution in [0.25, 0.3) is 17.0 Å². The van der Waals surface area contributed by atoms with Crippen molar-refractivity contribution >= 4 is 5.57 Å². The fourth-order valence-electron chi connectivity index (χ4n) is 4.13. The molecule has 4 heteroatoms. The standard InChI is InChI=1S/C31H40N4/c1-5-7-8-9-10-11-12-21-32-28(6-2)22-27-17-14-16-26(20-19-24(27)3)29-23-33-35-31(29)30-18-13-15-25(4)34-30/h6,13-20,22-23,32H,3,5,7-12,21H2,1-2,4H3,(H,33,35)/b17-14+,20-19-,26-16-,27-22-,28-6+. The largest absolute Gasteiger partial charge is 0.385 e. The van der Waals surface area contributed by atoms with Gasteiger partial charge in [0.1, 0.15) is 0 Å². The first-order valence-corrected chi connectivity index (χ1v) is 13.0. The van der Waals surface area contributed by atoms with Crippen molar-refractivity contribution in [1.82, 2.24) is 20.5 Å². The number of pyridine rings is 1. The van der Waals surface area contributed by atoms with E-state index in [1.54, 1.807) is 0 Å². The van der Waals surface area contributed by atoms with E-state index in [0.29, 0.717) is 0 Å². The predicted molar refractivity (Wildman–Crippen MR) is 150 cm³/mol. The smallest absolute Gasteiger partial charge is 0.0912 e. The molecular weight excluding hydrogens is 428 g/mol. The SMILES string of the molecule is C=C1\C=C/C(c2cn[nH]c2-c2cccc(C)n2)=C/C=C/C1=C/C(=C\C)NCCCCCCCCC. The Balaban J connectivity index is 1.64. The predicted octanol–water partition coefficient (Wildman–Crippen LogP) is 8.02. The summed E-state index contributed by atoms with van der Waals surface area (Å²) in [6.45, 7) is 11.7. The molecule has 0 spiro atoms. The average Bonchev–Trinajstić information content (AvgIpc) is 3.34. The number of rotatable bonds is 12. The minimum Gasteiger partial charge on any atom is -0.385 e. The Bertz CT molecular complexity index is 1120. The molecule has 2 aromatic rings. The molecule has 35 heavy (non-hydrogen) atoms. The molecule has 0 aromatic carbocycles. The molecule has 2 aromatic heterocycles. The number of aryl methyl sites for hydroxylation is 1. The van der Waals surface area contributed by atoms with Crippen LogP contribution in [0.4, 0.5) is 0 Å². The minimum absolute atomic E-state index is 0.891. The molecule has 0 atom stereocenters. The van der Waals surface area contributed by atoms with E-state index in [1.165, 1.54) is 44.9 Å². The fourth-order valence-corrected chi connectivity index (χ4v) is 4.13. The summed E-state index contributed by atoms with van der Waals surface area (Å²) in [6, 6.07) is 6.02. The molecule has 4 nitrogen and oxygen atoms in total. The molecule has 0 bridgehead atoms. The third-order valence-corrected chi connectivity index (χ3v) is 6.21. The number of nitrogens with one attached hydrogen (secondary N) is 2. The topological polar surface area (TPSA) is 53.6 Å². The second-order valence-corrected chi connectivity index (χ2v) is 9.05. The van der Waals surface area contributed by atoms with E-state index in [9.17, 15) is 0 Å². The van der Waals surface area contributed by atoms with E-state index in [0.717, 1.165) is 51.6 Å². The van der Waals surface area contributed by atoms with Gasteiger partial charge in [-0.1, -0.05) is 94.6 Å². The monoisotopic (exact) mass is 468 g/mol. The molecule has 1 aliphatic carbocycles. The van der Waals surface area contributed by atoms with Crippen molar-refractivity contribution in [3.05, 3.63) is 102 Å². The molecule has 0 radical (unpaired) electrons. The van der Waals surface area contributed by atoms with Gasteiger partial charge in [0.05, 0.1) is 17.6 Å². The molecule has 0 amide bonds. The second kappa shape index (κ2) is 14.1. The molecule has 0 saturated carbocycles. The summed E-state index contributed by atoms with van der Waals surface area (Å²) in [5.41, 5.74) is 8.10. The Hall–Kier alpha value is -3.40. The van der Waals surface area contributed by atoms with E-state index in [4.69, 9.17) is 0 Å². The molecular formula is C31H40N4. The van der Waals surface area contributed by atoms with Gasteiger partial charge in [-0.3, -0.25) is 10.1 Å². The van der Waals surface area contributed by atoms with Gasteiger partial charge in [-0.25, -0.2) is 0 Å². The molecule has 184 valence electrons. The third-order valence-electron chi connectivity index (χ3n) is 6.21. The summed E-state index contributed by atoms with van der Waals surface area (Å²) in [4.78, 5) is 4.65. The van der Waals surface area contributed by atoms with E-state index >= 15 is 0 Å². The summed E-state index contributed by atoms with van der Waals surface area (Å²) in [5.74, 6) is 0. The number of unbranched alkanes of at least 4 members (excludes halogenated alkanes) is 6. The van der Waals surface area contributed by atoms with Gasteiger partial charge in [-0.15, -0.1) is 0 Å². The van der Waals surface area contributed by atoms with Crippen LogP contribution in [0.3, 0.4) is 0 Å². The first-order chi connectivity index (χ1) is 17.1. The zero-order chi connectivity index (χ0) is 24.9.